The van der Waals surface area contributed by atoms with E-state index in [1.54, 1.807) is 6.26 Å². The summed E-state index contributed by atoms with van der Waals surface area (Å²) in [7, 11) is 0. The van der Waals surface area contributed by atoms with Crippen molar-refractivity contribution in [3.05, 3.63) is 65.7 Å². The van der Waals surface area contributed by atoms with Crippen LogP contribution in [-0.4, -0.2) is 16.0 Å². The largest absolute Gasteiger partial charge is 0.501 e. The van der Waals surface area contributed by atoms with Crippen LogP contribution in [0, 0.1) is 13.8 Å². The zero-order valence-corrected chi connectivity index (χ0v) is 13.2. The van der Waals surface area contributed by atoms with Crippen molar-refractivity contribution in [1.82, 2.24) is 9.38 Å². The summed E-state index contributed by atoms with van der Waals surface area (Å²) < 4.78 is 7.54. The Morgan fingerprint density at radius 1 is 1.09 bits per heavy atom. The van der Waals surface area contributed by atoms with Crippen molar-refractivity contribution in [3.8, 4) is 11.3 Å². The molecule has 0 saturated carbocycles. The Balaban J connectivity index is 2.22. The predicted molar refractivity (Wildman–Crippen MR) is 90.8 cm³/mol. The van der Waals surface area contributed by atoms with Crippen molar-refractivity contribution in [2.45, 2.75) is 20.8 Å². The van der Waals surface area contributed by atoms with Gasteiger partial charge in [-0.3, -0.25) is 4.40 Å². The Morgan fingerprint density at radius 2 is 1.86 bits per heavy atom. The van der Waals surface area contributed by atoms with Crippen LogP contribution in [-0.2, 0) is 4.74 Å². The van der Waals surface area contributed by atoms with Gasteiger partial charge in [-0.15, -0.1) is 0 Å². The van der Waals surface area contributed by atoms with Gasteiger partial charge in [-0.1, -0.05) is 35.9 Å². The molecule has 0 aliphatic rings. The minimum atomic E-state index is 0.659. The molecule has 0 saturated heterocycles. The Labute approximate surface area is 130 Å². The molecule has 0 unspecified atom stereocenters. The van der Waals surface area contributed by atoms with E-state index < -0.39 is 0 Å². The Kier molecular flexibility index (Phi) is 3.96. The molecule has 0 N–H and O–H groups in total. The topological polar surface area (TPSA) is 26.5 Å². The molecule has 0 radical (unpaired) electrons. The van der Waals surface area contributed by atoms with Crippen LogP contribution in [0.2, 0.25) is 0 Å². The Hall–Kier alpha value is -2.55. The van der Waals surface area contributed by atoms with Gasteiger partial charge >= 0.3 is 0 Å². The number of aromatic nitrogens is 2. The molecule has 0 atom stereocenters. The highest BCUT2D eigenvalue weighted by Gasteiger charge is 2.13. The predicted octanol–water partition coefficient (Wildman–Crippen LogP) is 4.63. The van der Waals surface area contributed by atoms with E-state index >= 15 is 0 Å². The van der Waals surface area contributed by atoms with Crippen LogP contribution in [0.5, 0.6) is 0 Å². The molecule has 22 heavy (non-hydrogen) atoms. The number of hydrogen-bond acceptors (Lipinski definition) is 2. The van der Waals surface area contributed by atoms with Crippen LogP contribution in [0.25, 0.3) is 23.0 Å². The van der Waals surface area contributed by atoms with Gasteiger partial charge < -0.3 is 4.74 Å². The van der Waals surface area contributed by atoms with Crippen LogP contribution in [0.3, 0.4) is 0 Å². The maximum Gasteiger partial charge on any atom is 0.138 e. The maximum absolute atomic E-state index is 5.38. The lowest BCUT2D eigenvalue weighted by molar-refractivity contribution is 0.272. The number of nitrogens with zero attached hydrogens (tertiary/aromatic N) is 2. The van der Waals surface area contributed by atoms with Crippen LogP contribution < -0.4 is 0 Å². The second-order valence-corrected chi connectivity index (χ2v) is 5.33. The summed E-state index contributed by atoms with van der Waals surface area (Å²) in [6, 6.07) is 14.6. The first-order chi connectivity index (χ1) is 10.7. The zero-order chi connectivity index (χ0) is 15.5. The standard InChI is InChI=1S/C19H20N2O/c1-4-22-13-12-17-19(16-10-8-14(2)9-11-16)20-18-7-5-6-15(3)21(17)18/h5-13H,4H2,1-3H3. The number of hydrogen-bond donors (Lipinski definition) is 0. The monoisotopic (exact) mass is 292 g/mol. The number of pyridine rings is 1. The lowest BCUT2D eigenvalue weighted by Gasteiger charge is -2.04. The fourth-order valence-electron chi connectivity index (χ4n) is 2.57. The van der Waals surface area contributed by atoms with Crippen LogP contribution >= 0.6 is 0 Å². The van der Waals surface area contributed by atoms with Gasteiger partial charge in [0.15, 0.2) is 0 Å². The summed E-state index contributed by atoms with van der Waals surface area (Å²) in [5.41, 5.74) is 6.49. The molecule has 0 spiro atoms. The first kappa shape index (κ1) is 14.4. The molecule has 2 heterocycles. The smallest absolute Gasteiger partial charge is 0.138 e. The second kappa shape index (κ2) is 6.06. The number of rotatable bonds is 4. The zero-order valence-electron chi connectivity index (χ0n) is 13.2. The molecule has 0 aliphatic heterocycles. The minimum Gasteiger partial charge on any atom is -0.501 e. The van der Waals surface area contributed by atoms with Crippen LogP contribution in [0.15, 0.2) is 48.7 Å². The second-order valence-electron chi connectivity index (χ2n) is 5.33. The van der Waals surface area contributed by atoms with Gasteiger partial charge in [-0.25, -0.2) is 4.98 Å². The van der Waals surface area contributed by atoms with Gasteiger partial charge in [0.2, 0.25) is 0 Å². The van der Waals surface area contributed by atoms with E-state index in [4.69, 9.17) is 9.72 Å². The molecule has 112 valence electrons. The summed E-state index contributed by atoms with van der Waals surface area (Å²) in [4.78, 5) is 4.81. The molecule has 3 aromatic rings. The van der Waals surface area contributed by atoms with Gasteiger partial charge in [0, 0.05) is 11.3 Å². The van der Waals surface area contributed by atoms with Crippen molar-refractivity contribution >= 4 is 11.7 Å². The molecule has 1 aromatic carbocycles. The molecule has 3 heteroatoms. The Bertz CT molecular complexity index is 813. The maximum atomic E-state index is 5.38. The summed E-state index contributed by atoms with van der Waals surface area (Å²) in [6.45, 7) is 6.82. The van der Waals surface area contributed by atoms with Gasteiger partial charge in [0.1, 0.15) is 5.65 Å². The third-order valence-corrected chi connectivity index (χ3v) is 3.69. The van der Waals surface area contributed by atoms with Crippen molar-refractivity contribution in [1.29, 1.82) is 0 Å². The van der Waals surface area contributed by atoms with Gasteiger partial charge in [-0.2, -0.15) is 0 Å². The molecule has 3 rings (SSSR count). The normalized spacial score (nSPS) is 11.4. The minimum absolute atomic E-state index is 0.659. The van der Waals surface area contributed by atoms with E-state index in [9.17, 15) is 0 Å². The summed E-state index contributed by atoms with van der Waals surface area (Å²) in [5, 5.41) is 0. The average molecular weight is 292 g/mol. The SMILES string of the molecule is CCOC=Cc1c(-c2ccc(C)cc2)nc2cccc(C)n12. The summed E-state index contributed by atoms with van der Waals surface area (Å²) in [6.07, 6.45) is 3.74. The highest BCUT2D eigenvalue weighted by molar-refractivity contribution is 5.74. The van der Waals surface area contributed by atoms with E-state index in [2.05, 4.69) is 48.6 Å². The number of fused-ring (bicyclic) bond motifs is 1. The summed E-state index contributed by atoms with van der Waals surface area (Å²) >= 11 is 0. The molecule has 0 amide bonds. The highest BCUT2D eigenvalue weighted by Crippen LogP contribution is 2.27. The van der Waals surface area contributed by atoms with E-state index in [-0.39, 0.29) is 0 Å². The van der Waals surface area contributed by atoms with Crippen molar-refractivity contribution in [2.75, 3.05) is 6.61 Å². The number of imidazole rings is 1. The van der Waals surface area contributed by atoms with Crippen LogP contribution in [0.1, 0.15) is 23.9 Å². The summed E-state index contributed by atoms with van der Waals surface area (Å²) in [5.74, 6) is 0. The number of benzene rings is 1. The van der Waals surface area contributed by atoms with E-state index in [1.165, 1.54) is 5.56 Å². The van der Waals surface area contributed by atoms with E-state index in [0.717, 1.165) is 28.3 Å². The number of ether oxygens (including phenoxy) is 1. The van der Waals surface area contributed by atoms with Gasteiger partial charge in [0.05, 0.1) is 24.3 Å². The van der Waals surface area contributed by atoms with Gasteiger partial charge in [-0.05, 0) is 39.0 Å². The van der Waals surface area contributed by atoms with Crippen molar-refractivity contribution in [3.63, 3.8) is 0 Å². The Morgan fingerprint density at radius 3 is 2.59 bits per heavy atom. The first-order valence-electron chi connectivity index (χ1n) is 7.54. The fourth-order valence-corrected chi connectivity index (χ4v) is 2.57. The van der Waals surface area contributed by atoms with E-state index in [0.29, 0.717) is 6.61 Å². The fraction of sp³-hybridized carbons (Fsp3) is 0.211. The number of aryl methyl sites for hydroxylation is 2. The van der Waals surface area contributed by atoms with Gasteiger partial charge in [0.25, 0.3) is 0 Å². The molecular formula is C19H20N2O. The highest BCUT2D eigenvalue weighted by atomic mass is 16.5. The van der Waals surface area contributed by atoms with Crippen molar-refractivity contribution in [2.24, 2.45) is 0 Å². The molecule has 3 nitrogen and oxygen atoms in total. The molecule has 0 fully saturated rings. The quantitative estimate of drug-likeness (QED) is 0.656. The van der Waals surface area contributed by atoms with E-state index in [1.807, 2.05) is 25.1 Å². The molecule has 2 aromatic heterocycles. The lowest BCUT2D eigenvalue weighted by atomic mass is 10.1. The lowest BCUT2D eigenvalue weighted by Crippen LogP contribution is -1.93. The third kappa shape index (κ3) is 2.62. The first-order valence-corrected chi connectivity index (χ1v) is 7.54. The third-order valence-electron chi connectivity index (χ3n) is 3.69. The molecule has 0 aliphatic carbocycles. The molecular weight excluding hydrogens is 272 g/mol. The molecule has 0 bridgehead atoms. The average Bonchev–Trinajstić information content (AvgIpc) is 2.88. The van der Waals surface area contributed by atoms with Crippen molar-refractivity contribution < 1.29 is 4.74 Å². The van der Waals surface area contributed by atoms with Crippen LogP contribution in [0.4, 0.5) is 0 Å².